The number of hydrogen-bond acceptors (Lipinski definition) is 5. The molecule has 0 radical (unpaired) electrons. The molecule has 1 amide bonds. The molecule has 0 bridgehead atoms. The third-order valence-electron chi connectivity index (χ3n) is 2.80. The van der Waals surface area contributed by atoms with Crippen molar-refractivity contribution in [1.29, 1.82) is 0 Å². The van der Waals surface area contributed by atoms with Gasteiger partial charge in [0.2, 0.25) is 5.91 Å². The van der Waals surface area contributed by atoms with Crippen LogP contribution in [-0.2, 0) is 4.79 Å². The lowest BCUT2D eigenvalue weighted by Gasteiger charge is -2.19. The normalized spacial score (nSPS) is 16.3. The summed E-state index contributed by atoms with van der Waals surface area (Å²) in [6, 6.07) is 3.65. The van der Waals surface area contributed by atoms with Crippen molar-refractivity contribution in [3.8, 4) is 0 Å². The van der Waals surface area contributed by atoms with E-state index in [4.69, 9.17) is 5.73 Å². The van der Waals surface area contributed by atoms with Gasteiger partial charge < -0.3 is 16.0 Å². The maximum Gasteiger partial charge on any atom is 0.233 e. The molecule has 18 heavy (non-hydrogen) atoms. The van der Waals surface area contributed by atoms with E-state index >= 15 is 0 Å². The number of pyridine rings is 1. The second-order valence-electron chi connectivity index (χ2n) is 4.20. The van der Waals surface area contributed by atoms with Crippen LogP contribution in [0.5, 0.6) is 0 Å². The number of nitrogen functional groups attached to an aromatic ring is 1. The first-order valence-electron chi connectivity index (χ1n) is 6.08. The molecule has 0 aliphatic carbocycles. The first-order chi connectivity index (χ1) is 8.75. The van der Waals surface area contributed by atoms with Crippen LogP contribution in [0.4, 0.5) is 5.69 Å². The Balaban J connectivity index is 1.81. The highest BCUT2D eigenvalue weighted by atomic mass is 32.2. The zero-order valence-corrected chi connectivity index (χ0v) is 11.1. The Hall–Kier alpha value is -1.27. The Morgan fingerprint density at radius 2 is 2.33 bits per heavy atom. The number of rotatable bonds is 3. The molecule has 1 saturated heterocycles. The number of amides is 1. The van der Waals surface area contributed by atoms with Crippen molar-refractivity contribution in [2.24, 2.45) is 0 Å². The van der Waals surface area contributed by atoms with E-state index in [1.165, 1.54) is 11.8 Å². The van der Waals surface area contributed by atoms with Crippen molar-refractivity contribution in [3.05, 3.63) is 18.3 Å². The van der Waals surface area contributed by atoms with Crippen molar-refractivity contribution >= 4 is 23.4 Å². The van der Waals surface area contributed by atoms with Gasteiger partial charge >= 0.3 is 0 Å². The van der Waals surface area contributed by atoms with E-state index in [2.05, 4.69) is 10.3 Å². The van der Waals surface area contributed by atoms with Gasteiger partial charge in [0, 0.05) is 19.6 Å². The third-order valence-corrected chi connectivity index (χ3v) is 3.72. The van der Waals surface area contributed by atoms with Crippen molar-refractivity contribution in [2.45, 2.75) is 11.4 Å². The summed E-state index contributed by atoms with van der Waals surface area (Å²) in [5, 5.41) is 4.12. The van der Waals surface area contributed by atoms with Gasteiger partial charge in [-0.15, -0.1) is 0 Å². The topological polar surface area (TPSA) is 71.2 Å². The van der Waals surface area contributed by atoms with E-state index in [9.17, 15) is 4.79 Å². The molecule has 98 valence electrons. The highest BCUT2D eigenvalue weighted by Crippen LogP contribution is 2.16. The van der Waals surface area contributed by atoms with Crippen molar-refractivity contribution in [2.75, 3.05) is 37.7 Å². The van der Waals surface area contributed by atoms with Gasteiger partial charge in [0.25, 0.3) is 0 Å². The van der Waals surface area contributed by atoms with Crippen LogP contribution in [0.15, 0.2) is 23.4 Å². The Morgan fingerprint density at radius 1 is 1.44 bits per heavy atom. The number of hydrogen-bond donors (Lipinski definition) is 2. The molecule has 0 aromatic carbocycles. The van der Waals surface area contributed by atoms with E-state index < -0.39 is 0 Å². The summed E-state index contributed by atoms with van der Waals surface area (Å²) in [4.78, 5) is 18.1. The molecular weight excluding hydrogens is 248 g/mol. The predicted octanol–water partition coefficient (Wildman–Crippen LogP) is 0.578. The summed E-state index contributed by atoms with van der Waals surface area (Å²) in [5.74, 6) is 0.624. The molecule has 3 N–H and O–H groups in total. The molecule has 1 fully saturated rings. The lowest BCUT2D eigenvalue weighted by Crippen LogP contribution is -2.35. The largest absolute Gasteiger partial charge is 0.397 e. The van der Waals surface area contributed by atoms with E-state index in [-0.39, 0.29) is 5.91 Å². The second kappa shape index (κ2) is 6.61. The molecule has 2 rings (SSSR count). The van der Waals surface area contributed by atoms with Gasteiger partial charge in [-0.2, -0.15) is 0 Å². The molecule has 1 aliphatic heterocycles. The third kappa shape index (κ3) is 3.89. The SMILES string of the molecule is Nc1ccc(SCC(=O)N2CCCNCC2)nc1. The Labute approximate surface area is 111 Å². The number of nitrogens with two attached hydrogens (primary N) is 1. The van der Waals surface area contributed by atoms with Crippen LogP contribution in [0, 0.1) is 0 Å². The van der Waals surface area contributed by atoms with Gasteiger partial charge in [-0.1, -0.05) is 11.8 Å². The summed E-state index contributed by atoms with van der Waals surface area (Å²) >= 11 is 1.46. The van der Waals surface area contributed by atoms with E-state index in [0.29, 0.717) is 11.4 Å². The van der Waals surface area contributed by atoms with Gasteiger partial charge in [0.15, 0.2) is 0 Å². The lowest BCUT2D eigenvalue weighted by atomic mass is 10.4. The molecule has 0 atom stereocenters. The highest BCUT2D eigenvalue weighted by molar-refractivity contribution is 7.99. The van der Waals surface area contributed by atoms with E-state index in [0.717, 1.165) is 37.6 Å². The fourth-order valence-corrected chi connectivity index (χ4v) is 2.54. The first-order valence-corrected chi connectivity index (χ1v) is 7.07. The summed E-state index contributed by atoms with van der Waals surface area (Å²) in [6.45, 7) is 3.53. The number of carbonyl (C=O) groups is 1. The van der Waals surface area contributed by atoms with Crippen LogP contribution in [0.25, 0.3) is 0 Å². The van der Waals surface area contributed by atoms with Crippen LogP contribution in [0.2, 0.25) is 0 Å². The van der Waals surface area contributed by atoms with Crippen LogP contribution in [-0.4, -0.2) is 47.7 Å². The Bertz CT molecular complexity index is 388. The molecule has 1 aromatic rings. The van der Waals surface area contributed by atoms with Gasteiger partial charge in [0.1, 0.15) is 0 Å². The number of anilines is 1. The van der Waals surface area contributed by atoms with Gasteiger partial charge in [0.05, 0.1) is 22.7 Å². The molecule has 0 unspecified atom stereocenters. The predicted molar refractivity (Wildman–Crippen MR) is 73.4 cm³/mol. The minimum absolute atomic E-state index is 0.183. The fourth-order valence-electron chi connectivity index (χ4n) is 1.80. The Morgan fingerprint density at radius 3 is 3.11 bits per heavy atom. The molecule has 5 nitrogen and oxygen atoms in total. The average Bonchev–Trinajstić information content (AvgIpc) is 2.66. The zero-order valence-electron chi connectivity index (χ0n) is 10.3. The second-order valence-corrected chi connectivity index (χ2v) is 5.20. The summed E-state index contributed by atoms with van der Waals surface area (Å²) < 4.78 is 0. The van der Waals surface area contributed by atoms with Crippen LogP contribution < -0.4 is 11.1 Å². The molecular formula is C12H18N4OS. The summed E-state index contributed by atoms with van der Waals surface area (Å²) in [5.41, 5.74) is 6.21. The van der Waals surface area contributed by atoms with Crippen molar-refractivity contribution in [3.63, 3.8) is 0 Å². The number of nitrogens with one attached hydrogen (secondary N) is 1. The average molecular weight is 266 g/mol. The van der Waals surface area contributed by atoms with E-state index in [1.54, 1.807) is 12.3 Å². The van der Waals surface area contributed by atoms with Crippen molar-refractivity contribution in [1.82, 2.24) is 15.2 Å². The van der Waals surface area contributed by atoms with Crippen LogP contribution >= 0.6 is 11.8 Å². The Kier molecular flexibility index (Phi) is 4.83. The molecule has 0 saturated carbocycles. The van der Waals surface area contributed by atoms with Crippen LogP contribution in [0.3, 0.4) is 0 Å². The lowest BCUT2D eigenvalue weighted by molar-refractivity contribution is -0.128. The van der Waals surface area contributed by atoms with Crippen LogP contribution in [0.1, 0.15) is 6.42 Å². The molecule has 6 heteroatoms. The number of nitrogens with zero attached hydrogens (tertiary/aromatic N) is 2. The molecule has 2 heterocycles. The number of thioether (sulfide) groups is 1. The van der Waals surface area contributed by atoms with E-state index in [1.807, 2.05) is 11.0 Å². The zero-order chi connectivity index (χ0) is 12.8. The minimum atomic E-state index is 0.183. The standard InChI is InChI=1S/C12H18N4OS/c13-10-2-3-11(15-8-10)18-9-12(17)16-6-1-4-14-5-7-16/h2-3,8,14H,1,4-7,9,13H2. The highest BCUT2D eigenvalue weighted by Gasteiger charge is 2.15. The van der Waals surface area contributed by atoms with Gasteiger partial charge in [-0.25, -0.2) is 4.98 Å². The quantitative estimate of drug-likeness (QED) is 0.783. The molecule has 1 aliphatic rings. The van der Waals surface area contributed by atoms with Gasteiger partial charge in [-0.05, 0) is 25.1 Å². The monoisotopic (exact) mass is 266 g/mol. The maximum absolute atomic E-state index is 12.0. The maximum atomic E-state index is 12.0. The first kappa shape index (κ1) is 13.2. The smallest absolute Gasteiger partial charge is 0.233 e. The molecule has 1 aromatic heterocycles. The fraction of sp³-hybridized carbons (Fsp3) is 0.500. The number of aromatic nitrogens is 1. The summed E-state index contributed by atoms with van der Waals surface area (Å²) in [6.07, 6.45) is 2.64. The minimum Gasteiger partial charge on any atom is -0.397 e. The summed E-state index contributed by atoms with van der Waals surface area (Å²) in [7, 11) is 0. The molecule has 0 spiro atoms. The van der Waals surface area contributed by atoms with Gasteiger partial charge in [-0.3, -0.25) is 4.79 Å². The van der Waals surface area contributed by atoms with Crippen molar-refractivity contribution < 1.29 is 4.79 Å². The number of carbonyl (C=O) groups excluding carboxylic acids is 1.